The second-order valence-electron chi connectivity index (χ2n) is 4.45. The van der Waals surface area contributed by atoms with Crippen LogP contribution in [0.15, 0.2) is 0 Å². The van der Waals surface area contributed by atoms with Crippen molar-refractivity contribution in [1.82, 2.24) is 10.2 Å². The molecule has 3 heteroatoms. The van der Waals surface area contributed by atoms with Crippen molar-refractivity contribution in [3.8, 4) is 0 Å². The molecule has 0 spiro atoms. The average molecular weight is 200 g/mol. The standard InChI is InChI=1S/C11H24N2O/c1-4-6-12-11-5-7-14-9-10(11)8-13(2)3/h10-12H,4-9H2,1-3H3. The van der Waals surface area contributed by atoms with E-state index in [4.69, 9.17) is 4.74 Å². The van der Waals surface area contributed by atoms with Crippen molar-refractivity contribution in [2.45, 2.75) is 25.8 Å². The number of nitrogens with zero attached hydrogens (tertiary/aromatic N) is 1. The van der Waals surface area contributed by atoms with Crippen molar-refractivity contribution >= 4 is 0 Å². The van der Waals surface area contributed by atoms with Gasteiger partial charge in [-0.2, -0.15) is 0 Å². The van der Waals surface area contributed by atoms with Crippen LogP contribution in [0.3, 0.4) is 0 Å². The Morgan fingerprint density at radius 2 is 2.21 bits per heavy atom. The summed E-state index contributed by atoms with van der Waals surface area (Å²) < 4.78 is 5.53. The van der Waals surface area contributed by atoms with Gasteiger partial charge in [0.1, 0.15) is 0 Å². The van der Waals surface area contributed by atoms with Crippen LogP contribution in [0, 0.1) is 5.92 Å². The molecule has 1 aliphatic heterocycles. The van der Waals surface area contributed by atoms with Crippen LogP contribution in [-0.4, -0.2) is 51.3 Å². The number of rotatable bonds is 5. The molecule has 1 rings (SSSR count). The minimum absolute atomic E-state index is 0.658. The minimum atomic E-state index is 0.658. The molecule has 0 bridgehead atoms. The topological polar surface area (TPSA) is 24.5 Å². The van der Waals surface area contributed by atoms with E-state index < -0.39 is 0 Å². The number of nitrogens with one attached hydrogen (secondary N) is 1. The summed E-state index contributed by atoms with van der Waals surface area (Å²) in [5.74, 6) is 0.658. The van der Waals surface area contributed by atoms with E-state index in [2.05, 4.69) is 31.2 Å². The molecule has 0 aromatic rings. The van der Waals surface area contributed by atoms with Crippen LogP contribution in [-0.2, 0) is 4.74 Å². The van der Waals surface area contributed by atoms with E-state index in [-0.39, 0.29) is 0 Å². The van der Waals surface area contributed by atoms with Crippen LogP contribution >= 0.6 is 0 Å². The molecule has 0 aromatic heterocycles. The van der Waals surface area contributed by atoms with Crippen molar-refractivity contribution in [2.24, 2.45) is 5.92 Å². The lowest BCUT2D eigenvalue weighted by Gasteiger charge is -2.34. The molecule has 1 saturated heterocycles. The molecule has 2 unspecified atom stereocenters. The first-order valence-electron chi connectivity index (χ1n) is 5.70. The van der Waals surface area contributed by atoms with Crippen LogP contribution in [0.5, 0.6) is 0 Å². The Kier molecular flexibility index (Phi) is 5.45. The smallest absolute Gasteiger partial charge is 0.0521 e. The van der Waals surface area contributed by atoms with Gasteiger partial charge in [-0.1, -0.05) is 6.92 Å². The van der Waals surface area contributed by atoms with Gasteiger partial charge in [-0.25, -0.2) is 0 Å². The van der Waals surface area contributed by atoms with Crippen LogP contribution in [0.2, 0.25) is 0 Å². The van der Waals surface area contributed by atoms with Crippen molar-refractivity contribution in [2.75, 3.05) is 40.4 Å². The molecule has 0 aliphatic carbocycles. The monoisotopic (exact) mass is 200 g/mol. The lowest BCUT2D eigenvalue weighted by Crippen LogP contribution is -2.46. The Hall–Kier alpha value is -0.120. The number of hydrogen-bond acceptors (Lipinski definition) is 3. The number of hydrogen-bond donors (Lipinski definition) is 1. The van der Waals surface area contributed by atoms with Crippen LogP contribution < -0.4 is 5.32 Å². The lowest BCUT2D eigenvalue weighted by molar-refractivity contribution is 0.0224. The molecule has 14 heavy (non-hydrogen) atoms. The molecule has 1 heterocycles. The molecule has 1 aliphatic rings. The van der Waals surface area contributed by atoms with Gasteiger partial charge in [0, 0.05) is 25.1 Å². The fourth-order valence-corrected chi connectivity index (χ4v) is 2.04. The third kappa shape index (κ3) is 3.95. The van der Waals surface area contributed by atoms with E-state index in [9.17, 15) is 0 Å². The van der Waals surface area contributed by atoms with E-state index in [1.54, 1.807) is 0 Å². The summed E-state index contributed by atoms with van der Waals surface area (Å²) in [4.78, 5) is 2.25. The van der Waals surface area contributed by atoms with Gasteiger partial charge in [0.05, 0.1) is 6.61 Å². The van der Waals surface area contributed by atoms with E-state index >= 15 is 0 Å². The second-order valence-corrected chi connectivity index (χ2v) is 4.45. The predicted octanol–water partition coefficient (Wildman–Crippen LogP) is 0.953. The van der Waals surface area contributed by atoms with Gasteiger partial charge in [0.15, 0.2) is 0 Å². The van der Waals surface area contributed by atoms with Crippen molar-refractivity contribution < 1.29 is 4.74 Å². The lowest BCUT2D eigenvalue weighted by atomic mass is 9.95. The molecule has 2 atom stereocenters. The fraction of sp³-hybridized carbons (Fsp3) is 1.00. The van der Waals surface area contributed by atoms with E-state index in [0.29, 0.717) is 12.0 Å². The highest BCUT2D eigenvalue weighted by atomic mass is 16.5. The Balaban J connectivity index is 2.33. The molecular weight excluding hydrogens is 176 g/mol. The van der Waals surface area contributed by atoms with Gasteiger partial charge in [0.2, 0.25) is 0 Å². The molecular formula is C11H24N2O. The maximum atomic E-state index is 5.53. The summed E-state index contributed by atoms with van der Waals surface area (Å²) >= 11 is 0. The van der Waals surface area contributed by atoms with E-state index in [1.807, 2.05) is 0 Å². The first-order chi connectivity index (χ1) is 6.74. The SMILES string of the molecule is CCCNC1CCOCC1CN(C)C. The summed E-state index contributed by atoms with van der Waals surface area (Å²) in [6.45, 7) is 6.31. The summed E-state index contributed by atoms with van der Waals surface area (Å²) in [7, 11) is 4.26. The summed E-state index contributed by atoms with van der Waals surface area (Å²) in [6, 6.07) is 0.658. The quantitative estimate of drug-likeness (QED) is 0.715. The number of ether oxygens (including phenoxy) is 1. The maximum Gasteiger partial charge on any atom is 0.0521 e. The first kappa shape index (κ1) is 12.0. The second kappa shape index (κ2) is 6.38. The Morgan fingerprint density at radius 1 is 1.43 bits per heavy atom. The Labute approximate surface area is 87.8 Å². The molecule has 0 radical (unpaired) electrons. The van der Waals surface area contributed by atoms with Crippen LogP contribution in [0.4, 0.5) is 0 Å². The van der Waals surface area contributed by atoms with Gasteiger partial charge in [-0.3, -0.25) is 0 Å². The molecule has 1 N–H and O–H groups in total. The third-order valence-electron chi connectivity index (χ3n) is 2.73. The molecule has 0 amide bonds. The highest BCUT2D eigenvalue weighted by Gasteiger charge is 2.25. The maximum absolute atomic E-state index is 5.53. The van der Waals surface area contributed by atoms with Gasteiger partial charge in [-0.15, -0.1) is 0 Å². The Morgan fingerprint density at radius 3 is 2.86 bits per heavy atom. The highest BCUT2D eigenvalue weighted by molar-refractivity contribution is 4.80. The summed E-state index contributed by atoms with van der Waals surface area (Å²) in [5.41, 5.74) is 0. The van der Waals surface area contributed by atoms with E-state index in [1.165, 1.54) is 12.8 Å². The van der Waals surface area contributed by atoms with Gasteiger partial charge >= 0.3 is 0 Å². The largest absolute Gasteiger partial charge is 0.381 e. The third-order valence-corrected chi connectivity index (χ3v) is 2.73. The van der Waals surface area contributed by atoms with E-state index in [0.717, 1.165) is 26.3 Å². The predicted molar refractivity (Wildman–Crippen MR) is 59.6 cm³/mol. The fourth-order valence-electron chi connectivity index (χ4n) is 2.04. The minimum Gasteiger partial charge on any atom is -0.381 e. The normalized spacial score (nSPS) is 28.3. The first-order valence-corrected chi connectivity index (χ1v) is 5.70. The van der Waals surface area contributed by atoms with Crippen molar-refractivity contribution in [3.05, 3.63) is 0 Å². The Bertz CT molecular complexity index is 150. The molecule has 1 fully saturated rings. The van der Waals surface area contributed by atoms with Gasteiger partial charge in [-0.05, 0) is 33.5 Å². The summed E-state index contributed by atoms with van der Waals surface area (Å²) in [6.07, 6.45) is 2.38. The van der Waals surface area contributed by atoms with Gasteiger partial charge < -0.3 is 15.0 Å². The molecule has 0 aromatic carbocycles. The average Bonchev–Trinajstić information content (AvgIpc) is 2.16. The zero-order valence-corrected chi connectivity index (χ0v) is 9.75. The zero-order chi connectivity index (χ0) is 10.4. The van der Waals surface area contributed by atoms with Crippen molar-refractivity contribution in [3.63, 3.8) is 0 Å². The molecule has 3 nitrogen and oxygen atoms in total. The highest BCUT2D eigenvalue weighted by Crippen LogP contribution is 2.15. The van der Waals surface area contributed by atoms with Crippen LogP contribution in [0.1, 0.15) is 19.8 Å². The summed E-state index contributed by atoms with van der Waals surface area (Å²) in [5, 5.41) is 3.62. The molecule has 0 saturated carbocycles. The van der Waals surface area contributed by atoms with Gasteiger partial charge in [0.25, 0.3) is 0 Å². The van der Waals surface area contributed by atoms with Crippen molar-refractivity contribution in [1.29, 1.82) is 0 Å². The zero-order valence-electron chi connectivity index (χ0n) is 9.75. The molecule has 84 valence electrons. The van der Waals surface area contributed by atoms with Crippen LogP contribution in [0.25, 0.3) is 0 Å².